The van der Waals surface area contributed by atoms with E-state index in [9.17, 15) is 14.4 Å². The van der Waals surface area contributed by atoms with Crippen molar-refractivity contribution in [2.75, 3.05) is 36.9 Å². The average molecular weight is 429 g/mol. The second-order valence-electron chi connectivity index (χ2n) is 5.19. The van der Waals surface area contributed by atoms with Gasteiger partial charge in [-0.1, -0.05) is 5.16 Å². The minimum atomic E-state index is -0.445. The van der Waals surface area contributed by atoms with Crippen LogP contribution in [0.15, 0.2) is 32.5 Å². The molecule has 1 aromatic carbocycles. The molecule has 2 heterocycles. The van der Waals surface area contributed by atoms with Crippen LogP contribution >= 0.6 is 15.9 Å². The Labute approximate surface area is 155 Å². The van der Waals surface area contributed by atoms with Crippen molar-refractivity contribution < 1.29 is 23.8 Å². The highest BCUT2D eigenvalue weighted by Crippen LogP contribution is 2.21. The molecule has 26 heavy (non-hydrogen) atoms. The molecule has 0 bridgehead atoms. The molecule has 0 aliphatic carbocycles. The largest absolute Gasteiger partial charge is 0.409 e. The number of halogens is 2. The summed E-state index contributed by atoms with van der Waals surface area (Å²) in [5, 5.41) is 24.9. The van der Waals surface area contributed by atoms with Crippen LogP contribution in [-0.4, -0.2) is 58.6 Å². The molecule has 3 rings (SSSR count). The number of nitrogens with one attached hydrogen (secondary N) is 2. The summed E-state index contributed by atoms with van der Waals surface area (Å²) in [5.74, 6) is -0.607. The monoisotopic (exact) mass is 428 g/mol. The number of morpholine rings is 1. The number of hydrogen-bond donors (Lipinski definition) is 3. The number of amides is 2. The van der Waals surface area contributed by atoms with Crippen LogP contribution in [0.5, 0.6) is 0 Å². The molecule has 1 fully saturated rings. The first-order chi connectivity index (χ1) is 12.6. The normalized spacial score (nSPS) is 15.0. The Balaban J connectivity index is 1.74. The van der Waals surface area contributed by atoms with Gasteiger partial charge in [-0.05, 0) is 44.4 Å². The van der Waals surface area contributed by atoms with Gasteiger partial charge in [-0.3, -0.25) is 5.32 Å². The van der Waals surface area contributed by atoms with Crippen molar-refractivity contribution in [1.82, 2.24) is 15.2 Å². The summed E-state index contributed by atoms with van der Waals surface area (Å²) < 4.78 is 23.4. The quantitative estimate of drug-likeness (QED) is 0.295. The molecule has 138 valence electrons. The lowest BCUT2D eigenvalue weighted by atomic mass is 10.3. The van der Waals surface area contributed by atoms with Crippen LogP contribution in [0, 0.1) is 5.82 Å². The summed E-state index contributed by atoms with van der Waals surface area (Å²) in [7, 11) is 0. The number of benzene rings is 1. The molecule has 0 atom stereocenters. The summed E-state index contributed by atoms with van der Waals surface area (Å²) >= 11 is 3.06. The number of aromatic nitrogens is 2. The van der Waals surface area contributed by atoms with Crippen LogP contribution in [0.3, 0.4) is 0 Å². The van der Waals surface area contributed by atoms with E-state index >= 15 is 0 Å². The molecule has 0 saturated carbocycles. The molecule has 0 radical (unpaired) electrons. The standard InChI is InChI=1S/C14H14BrFN6O4/c15-9-7-8(1-2-10(9)16)17-12(19-24)11-13(21-26-20-11)18-14(23)22-3-5-25-6-4-22/h1-2,7,24H,3-6H2,(H,17,19)(H,18,21,23). The van der Waals surface area contributed by atoms with Gasteiger partial charge in [0.25, 0.3) is 0 Å². The number of nitrogens with zero attached hydrogens (tertiary/aromatic N) is 4. The van der Waals surface area contributed by atoms with Gasteiger partial charge in [-0.15, -0.1) is 0 Å². The highest BCUT2D eigenvalue weighted by Gasteiger charge is 2.23. The number of anilines is 2. The summed E-state index contributed by atoms with van der Waals surface area (Å²) in [5.41, 5.74) is 0.397. The number of rotatable bonds is 3. The average Bonchev–Trinajstić information content (AvgIpc) is 3.11. The van der Waals surface area contributed by atoms with Crippen molar-refractivity contribution in [3.63, 3.8) is 0 Å². The smallest absolute Gasteiger partial charge is 0.323 e. The van der Waals surface area contributed by atoms with E-state index in [1.807, 2.05) is 0 Å². The molecular formula is C14H14BrFN6O4. The molecule has 3 N–H and O–H groups in total. The molecule has 1 saturated heterocycles. The van der Waals surface area contributed by atoms with Gasteiger partial charge in [0.15, 0.2) is 5.69 Å². The van der Waals surface area contributed by atoms with Crippen LogP contribution in [0.25, 0.3) is 0 Å². The van der Waals surface area contributed by atoms with E-state index in [1.54, 1.807) is 4.90 Å². The number of carbonyl (C=O) groups is 1. The van der Waals surface area contributed by atoms with E-state index in [0.29, 0.717) is 32.0 Å². The fourth-order valence-corrected chi connectivity index (χ4v) is 2.59. The SMILES string of the molecule is O=C(Nc1nonc1/C(=N\O)Nc1ccc(F)c(Br)c1)N1CCOCC1. The minimum Gasteiger partial charge on any atom is -0.409 e. The first-order valence-electron chi connectivity index (χ1n) is 7.49. The van der Waals surface area contributed by atoms with Crippen LogP contribution < -0.4 is 10.6 Å². The molecule has 10 nitrogen and oxygen atoms in total. The third-order valence-corrected chi connectivity index (χ3v) is 4.13. The van der Waals surface area contributed by atoms with E-state index in [1.165, 1.54) is 18.2 Å². The van der Waals surface area contributed by atoms with Gasteiger partial charge in [-0.25, -0.2) is 13.8 Å². The molecule has 12 heteroatoms. The molecule has 2 aromatic rings. The summed E-state index contributed by atoms with van der Waals surface area (Å²) in [4.78, 5) is 13.8. The summed E-state index contributed by atoms with van der Waals surface area (Å²) in [6, 6.07) is 3.70. The van der Waals surface area contributed by atoms with E-state index in [0.717, 1.165) is 0 Å². The van der Waals surface area contributed by atoms with Crippen LogP contribution in [0.4, 0.5) is 20.7 Å². The Kier molecular flexibility index (Phi) is 5.63. The van der Waals surface area contributed by atoms with Crippen molar-refractivity contribution in [3.05, 3.63) is 34.2 Å². The number of urea groups is 1. The third-order valence-electron chi connectivity index (χ3n) is 3.52. The lowest BCUT2D eigenvalue weighted by Gasteiger charge is -2.26. The zero-order chi connectivity index (χ0) is 18.5. The maximum Gasteiger partial charge on any atom is 0.323 e. The van der Waals surface area contributed by atoms with Crippen molar-refractivity contribution in [1.29, 1.82) is 0 Å². The van der Waals surface area contributed by atoms with Crippen molar-refractivity contribution in [3.8, 4) is 0 Å². The van der Waals surface area contributed by atoms with Crippen LogP contribution in [0.1, 0.15) is 5.69 Å². The zero-order valence-electron chi connectivity index (χ0n) is 13.3. The molecule has 1 aliphatic rings. The van der Waals surface area contributed by atoms with Gasteiger partial charge < -0.3 is 20.2 Å². The maximum absolute atomic E-state index is 13.3. The number of amidine groups is 1. The summed E-state index contributed by atoms with van der Waals surface area (Å²) in [6.07, 6.45) is 0. The van der Waals surface area contributed by atoms with Crippen molar-refractivity contribution in [2.45, 2.75) is 0 Å². The Morgan fingerprint density at radius 3 is 2.77 bits per heavy atom. The second kappa shape index (κ2) is 8.10. The van der Waals surface area contributed by atoms with Gasteiger partial charge >= 0.3 is 6.03 Å². The van der Waals surface area contributed by atoms with Gasteiger partial charge in [0.2, 0.25) is 11.7 Å². The van der Waals surface area contributed by atoms with Gasteiger partial charge in [0.1, 0.15) is 5.82 Å². The first-order valence-corrected chi connectivity index (χ1v) is 8.28. The highest BCUT2D eigenvalue weighted by molar-refractivity contribution is 9.10. The summed E-state index contributed by atoms with van der Waals surface area (Å²) in [6.45, 7) is 1.77. The number of carbonyl (C=O) groups excluding carboxylic acids is 1. The van der Waals surface area contributed by atoms with Crippen molar-refractivity contribution in [2.24, 2.45) is 5.16 Å². The fraction of sp³-hybridized carbons (Fsp3) is 0.286. The molecule has 0 spiro atoms. The first kappa shape index (κ1) is 18.1. The topological polar surface area (TPSA) is 125 Å². The predicted octanol–water partition coefficient (Wildman–Crippen LogP) is 2.08. The maximum atomic E-state index is 13.3. The molecule has 1 aliphatic heterocycles. The van der Waals surface area contributed by atoms with Gasteiger partial charge in [0, 0.05) is 18.8 Å². The second-order valence-corrected chi connectivity index (χ2v) is 6.05. The lowest BCUT2D eigenvalue weighted by molar-refractivity contribution is 0.0564. The predicted molar refractivity (Wildman–Crippen MR) is 91.8 cm³/mol. The minimum absolute atomic E-state index is 0.0189. The van der Waals surface area contributed by atoms with Crippen LogP contribution in [0.2, 0.25) is 0 Å². The number of hydrogen-bond acceptors (Lipinski definition) is 7. The van der Waals surface area contributed by atoms with Crippen molar-refractivity contribution >= 4 is 39.3 Å². The Morgan fingerprint density at radius 2 is 2.08 bits per heavy atom. The Hall–Kier alpha value is -2.73. The Bertz CT molecular complexity index is 824. The van der Waals surface area contributed by atoms with E-state index < -0.39 is 11.8 Å². The van der Waals surface area contributed by atoms with E-state index in [-0.39, 0.29) is 21.8 Å². The molecule has 2 amide bonds. The van der Waals surface area contributed by atoms with Gasteiger partial charge in [-0.2, -0.15) is 0 Å². The van der Waals surface area contributed by atoms with E-state index in [2.05, 4.69) is 46.7 Å². The lowest BCUT2D eigenvalue weighted by Crippen LogP contribution is -2.43. The molecule has 0 unspecified atom stereocenters. The Morgan fingerprint density at radius 1 is 1.31 bits per heavy atom. The highest BCUT2D eigenvalue weighted by atomic mass is 79.9. The molecular weight excluding hydrogens is 415 g/mol. The molecule has 1 aromatic heterocycles. The van der Waals surface area contributed by atoms with E-state index in [4.69, 9.17) is 4.74 Å². The third kappa shape index (κ3) is 4.08. The number of ether oxygens (including phenoxy) is 1. The van der Waals surface area contributed by atoms with Crippen LogP contribution in [-0.2, 0) is 4.74 Å². The number of oxime groups is 1. The zero-order valence-corrected chi connectivity index (χ0v) is 14.9. The fourth-order valence-electron chi connectivity index (χ4n) is 2.21. The van der Waals surface area contributed by atoms with Gasteiger partial charge in [0.05, 0.1) is 17.7 Å².